The van der Waals surface area contributed by atoms with Gasteiger partial charge in [0.15, 0.2) is 11.5 Å². The molecule has 0 bridgehead atoms. The van der Waals surface area contributed by atoms with Crippen molar-refractivity contribution in [2.75, 3.05) is 14.2 Å². The number of nitrogens with zero attached hydrogens (tertiary/aromatic N) is 3. The van der Waals surface area contributed by atoms with Crippen molar-refractivity contribution < 1.29 is 14.0 Å². The summed E-state index contributed by atoms with van der Waals surface area (Å²) < 4.78 is 16.1. The summed E-state index contributed by atoms with van der Waals surface area (Å²) in [7, 11) is 3.18. The summed E-state index contributed by atoms with van der Waals surface area (Å²) in [5, 5.41) is 13.8. The molecule has 0 saturated heterocycles. The molecule has 0 spiro atoms. The first-order valence-electron chi connectivity index (χ1n) is 9.36. The zero-order valence-corrected chi connectivity index (χ0v) is 16.4. The normalized spacial score (nSPS) is 11.0. The van der Waals surface area contributed by atoms with E-state index in [1.165, 1.54) is 5.39 Å². The van der Waals surface area contributed by atoms with Crippen molar-refractivity contribution in [3.63, 3.8) is 0 Å². The Labute approximate surface area is 172 Å². The van der Waals surface area contributed by atoms with Gasteiger partial charge in [0.1, 0.15) is 5.69 Å². The highest BCUT2D eigenvalue weighted by molar-refractivity contribution is 5.87. The van der Waals surface area contributed by atoms with E-state index < -0.39 is 0 Å². The van der Waals surface area contributed by atoms with Crippen LogP contribution >= 0.6 is 0 Å². The number of aromatic nitrogens is 4. The van der Waals surface area contributed by atoms with Crippen LogP contribution in [-0.2, 0) is 0 Å². The zero-order chi connectivity index (χ0) is 20.5. The number of ether oxygens (including phenoxy) is 2. The molecule has 0 aliphatic rings. The topological polar surface area (TPSA) is 86.1 Å². The van der Waals surface area contributed by atoms with E-state index in [2.05, 4.69) is 44.6 Å². The molecule has 148 valence electrons. The fourth-order valence-corrected chi connectivity index (χ4v) is 3.35. The molecular weight excluding hydrogens is 380 g/mol. The maximum absolute atomic E-state index is 5.45. The van der Waals surface area contributed by atoms with E-state index >= 15 is 0 Å². The number of rotatable bonds is 5. The smallest absolute Gasteiger partial charge is 0.276 e. The Morgan fingerprint density at radius 3 is 2.43 bits per heavy atom. The molecule has 0 fully saturated rings. The van der Waals surface area contributed by atoms with Crippen molar-refractivity contribution in [2.24, 2.45) is 0 Å². The molecule has 7 nitrogen and oxygen atoms in total. The summed E-state index contributed by atoms with van der Waals surface area (Å²) in [6.45, 7) is 0. The van der Waals surface area contributed by atoms with Gasteiger partial charge in [0.2, 0.25) is 5.82 Å². The van der Waals surface area contributed by atoms with Crippen LogP contribution in [0.25, 0.3) is 45.0 Å². The molecule has 0 atom stereocenters. The molecule has 1 N–H and O–H groups in total. The predicted molar refractivity (Wildman–Crippen MR) is 113 cm³/mol. The third kappa shape index (κ3) is 3.16. The maximum atomic E-state index is 5.45. The third-order valence-electron chi connectivity index (χ3n) is 4.92. The summed E-state index contributed by atoms with van der Waals surface area (Å²) in [5.41, 5.74) is 3.23. The molecule has 3 aromatic carbocycles. The molecule has 5 aromatic rings. The highest BCUT2D eigenvalue weighted by Crippen LogP contribution is 2.32. The second-order valence-corrected chi connectivity index (χ2v) is 6.72. The van der Waals surface area contributed by atoms with Gasteiger partial charge in [0.05, 0.1) is 19.9 Å². The van der Waals surface area contributed by atoms with Crippen LogP contribution in [0.4, 0.5) is 0 Å². The van der Waals surface area contributed by atoms with Crippen LogP contribution in [0.15, 0.2) is 71.3 Å². The Morgan fingerprint density at radius 2 is 1.60 bits per heavy atom. The van der Waals surface area contributed by atoms with Gasteiger partial charge in [-0.25, -0.2) is 0 Å². The molecule has 0 aliphatic heterocycles. The van der Waals surface area contributed by atoms with E-state index in [1.54, 1.807) is 26.4 Å². The molecule has 0 amide bonds. The number of aromatic amines is 1. The Morgan fingerprint density at radius 1 is 0.800 bits per heavy atom. The van der Waals surface area contributed by atoms with Gasteiger partial charge in [0.25, 0.3) is 5.89 Å². The summed E-state index contributed by atoms with van der Waals surface area (Å²) in [5.74, 6) is 2.05. The van der Waals surface area contributed by atoms with Crippen molar-refractivity contribution in [1.29, 1.82) is 0 Å². The zero-order valence-electron chi connectivity index (χ0n) is 16.4. The SMILES string of the molecule is COc1ccc(-c2noc(-c3cc(-c4ccc5ccccc5c4)n[nH]3)n2)cc1OC. The lowest BCUT2D eigenvalue weighted by Gasteiger charge is -2.07. The minimum absolute atomic E-state index is 0.360. The molecule has 0 aliphatic carbocycles. The monoisotopic (exact) mass is 398 g/mol. The van der Waals surface area contributed by atoms with E-state index in [9.17, 15) is 0 Å². The summed E-state index contributed by atoms with van der Waals surface area (Å²) in [4.78, 5) is 4.49. The van der Waals surface area contributed by atoms with E-state index in [0.717, 1.165) is 22.2 Å². The number of nitrogens with one attached hydrogen (secondary N) is 1. The highest BCUT2D eigenvalue weighted by atomic mass is 16.5. The van der Waals surface area contributed by atoms with Crippen molar-refractivity contribution in [2.45, 2.75) is 0 Å². The fraction of sp³-hybridized carbons (Fsp3) is 0.0870. The second kappa shape index (κ2) is 7.36. The molecule has 2 aromatic heterocycles. The van der Waals surface area contributed by atoms with Gasteiger partial charge < -0.3 is 14.0 Å². The average molecular weight is 398 g/mol. The van der Waals surface area contributed by atoms with Gasteiger partial charge in [-0.1, -0.05) is 41.6 Å². The molecule has 2 heterocycles. The maximum Gasteiger partial charge on any atom is 0.276 e. The standard InChI is InChI=1S/C23H18N4O3/c1-28-20-10-9-17(12-21(20)29-2)22-24-23(30-27-22)19-13-18(25-26-19)16-8-7-14-5-3-4-6-15(14)11-16/h3-13H,1-2H3,(H,25,26). The quantitative estimate of drug-likeness (QED) is 0.450. The van der Waals surface area contributed by atoms with Crippen molar-refractivity contribution in [1.82, 2.24) is 20.3 Å². The lowest BCUT2D eigenvalue weighted by Crippen LogP contribution is -1.91. The number of fused-ring (bicyclic) bond motifs is 1. The van der Waals surface area contributed by atoms with Crippen molar-refractivity contribution >= 4 is 10.8 Å². The summed E-state index contributed by atoms with van der Waals surface area (Å²) >= 11 is 0. The van der Waals surface area contributed by atoms with Crippen LogP contribution in [0.1, 0.15) is 0 Å². The predicted octanol–water partition coefficient (Wildman–Crippen LogP) is 4.96. The summed E-state index contributed by atoms with van der Waals surface area (Å²) in [6.07, 6.45) is 0. The second-order valence-electron chi connectivity index (χ2n) is 6.72. The number of H-pyrrole nitrogens is 1. The molecule has 0 saturated carbocycles. The van der Waals surface area contributed by atoms with Crippen LogP contribution in [0, 0.1) is 0 Å². The van der Waals surface area contributed by atoms with E-state index in [0.29, 0.717) is 28.9 Å². The number of benzene rings is 3. The first kappa shape index (κ1) is 17.9. The first-order chi connectivity index (χ1) is 14.7. The van der Waals surface area contributed by atoms with Crippen LogP contribution in [-0.4, -0.2) is 34.6 Å². The minimum Gasteiger partial charge on any atom is -0.493 e. The Bertz CT molecular complexity index is 1340. The van der Waals surface area contributed by atoms with Crippen molar-refractivity contribution in [3.8, 4) is 45.7 Å². The fourth-order valence-electron chi connectivity index (χ4n) is 3.35. The van der Waals surface area contributed by atoms with Crippen LogP contribution in [0.3, 0.4) is 0 Å². The van der Waals surface area contributed by atoms with Crippen LogP contribution in [0.2, 0.25) is 0 Å². The lowest BCUT2D eigenvalue weighted by molar-refractivity contribution is 0.355. The van der Waals surface area contributed by atoms with Crippen LogP contribution in [0.5, 0.6) is 11.5 Å². The lowest BCUT2D eigenvalue weighted by atomic mass is 10.1. The Hall–Kier alpha value is -4.13. The van der Waals surface area contributed by atoms with Crippen molar-refractivity contribution in [3.05, 3.63) is 66.7 Å². The van der Waals surface area contributed by atoms with Gasteiger partial charge >= 0.3 is 0 Å². The highest BCUT2D eigenvalue weighted by Gasteiger charge is 2.15. The Kier molecular flexibility index (Phi) is 4.40. The Balaban J connectivity index is 1.45. The molecule has 30 heavy (non-hydrogen) atoms. The van der Waals surface area contributed by atoms with Gasteiger partial charge in [-0.15, -0.1) is 0 Å². The average Bonchev–Trinajstić information content (AvgIpc) is 3.48. The van der Waals surface area contributed by atoms with Gasteiger partial charge in [0, 0.05) is 11.1 Å². The minimum atomic E-state index is 0.360. The number of hydrogen-bond donors (Lipinski definition) is 1. The van der Waals surface area contributed by atoms with E-state index in [1.807, 2.05) is 30.3 Å². The van der Waals surface area contributed by atoms with Gasteiger partial charge in [-0.05, 0) is 41.1 Å². The largest absolute Gasteiger partial charge is 0.493 e. The van der Waals surface area contributed by atoms with Gasteiger partial charge in [-0.2, -0.15) is 10.1 Å². The third-order valence-corrected chi connectivity index (χ3v) is 4.92. The van der Waals surface area contributed by atoms with E-state index in [4.69, 9.17) is 14.0 Å². The van der Waals surface area contributed by atoms with Gasteiger partial charge in [-0.3, -0.25) is 5.10 Å². The van der Waals surface area contributed by atoms with E-state index in [-0.39, 0.29) is 0 Å². The molecule has 5 rings (SSSR count). The molecule has 7 heteroatoms. The first-order valence-corrected chi connectivity index (χ1v) is 9.36. The number of methoxy groups -OCH3 is 2. The molecule has 0 radical (unpaired) electrons. The number of hydrogen-bond acceptors (Lipinski definition) is 6. The van der Waals surface area contributed by atoms with Crippen LogP contribution < -0.4 is 9.47 Å². The summed E-state index contributed by atoms with van der Waals surface area (Å²) in [6, 6.07) is 21.8. The molecular formula is C23H18N4O3. The molecule has 0 unspecified atom stereocenters.